The van der Waals surface area contributed by atoms with Crippen molar-refractivity contribution in [1.82, 2.24) is 47.0 Å². The highest BCUT2D eigenvalue weighted by Crippen LogP contribution is 2.05. The number of imide groups is 2. The van der Waals surface area contributed by atoms with Crippen molar-refractivity contribution in [2.45, 2.75) is 71.8 Å². The molecule has 322 valence electrons. The van der Waals surface area contributed by atoms with E-state index in [1.54, 1.807) is 13.8 Å². The molecule has 11 amide bonds. The number of rotatable bonds is 25. The normalized spacial score (nSPS) is 12.8. The number of carbonyl (C=O) groups excluding carboxylic acids is 11. The van der Waals surface area contributed by atoms with Gasteiger partial charge in [0.25, 0.3) is 23.6 Å². The maximum absolute atomic E-state index is 12.3. The van der Waals surface area contributed by atoms with Gasteiger partial charge < -0.3 is 46.7 Å². The smallest absolute Gasteiger partial charge is 0.407 e. The van der Waals surface area contributed by atoms with Crippen molar-refractivity contribution in [1.29, 1.82) is 0 Å². The van der Waals surface area contributed by atoms with Gasteiger partial charge in [-0.15, -0.1) is 0 Å². The first-order valence-corrected chi connectivity index (χ1v) is 18.9. The van der Waals surface area contributed by atoms with Gasteiger partial charge in [0.1, 0.15) is 0 Å². The van der Waals surface area contributed by atoms with Crippen LogP contribution in [0.15, 0.2) is 24.3 Å². The van der Waals surface area contributed by atoms with Gasteiger partial charge in [0.05, 0.1) is 13.2 Å². The van der Waals surface area contributed by atoms with Gasteiger partial charge in [-0.05, 0) is 33.1 Å². The number of nitrogens with one attached hydrogen (secondary N) is 7. The zero-order chi connectivity index (χ0) is 43.3. The monoisotopic (exact) mass is 821 g/mol. The Labute approximate surface area is 335 Å². The van der Waals surface area contributed by atoms with E-state index >= 15 is 0 Å². The van der Waals surface area contributed by atoms with Crippen molar-refractivity contribution in [3.63, 3.8) is 0 Å². The molecule has 0 saturated heterocycles. The molecule has 0 aromatic carbocycles. The summed E-state index contributed by atoms with van der Waals surface area (Å²) in [6.07, 6.45) is 5.83. The number of nitrogens with zero attached hydrogens (tertiary/aromatic N) is 2. The molecule has 0 aromatic rings. The maximum Gasteiger partial charge on any atom is 0.407 e. The van der Waals surface area contributed by atoms with Crippen molar-refractivity contribution in [3.05, 3.63) is 24.3 Å². The minimum absolute atomic E-state index is 0.0589. The quantitative estimate of drug-likeness (QED) is 0.0389. The molecule has 0 unspecified atom stereocenters. The van der Waals surface area contributed by atoms with Crippen molar-refractivity contribution in [2.75, 3.05) is 65.6 Å². The average molecular weight is 822 g/mol. The van der Waals surface area contributed by atoms with Gasteiger partial charge in [0.2, 0.25) is 29.5 Å². The topological polar surface area (TPSA) is 297 Å². The highest BCUT2D eigenvalue weighted by atomic mass is 16.6. The van der Waals surface area contributed by atoms with Gasteiger partial charge in [-0.3, -0.25) is 53.0 Å². The molecule has 22 nitrogen and oxygen atoms in total. The van der Waals surface area contributed by atoms with E-state index in [1.807, 2.05) is 0 Å². The molecule has 7 N–H and O–H groups in total. The number of hydrogen-bond donors (Lipinski definition) is 7. The Hall–Kier alpha value is -6.35. The highest BCUT2D eigenvalue weighted by Gasteiger charge is 2.25. The van der Waals surface area contributed by atoms with Crippen LogP contribution in [0.4, 0.5) is 9.59 Å². The molecule has 0 aliphatic carbocycles. The Kier molecular flexibility index (Phi) is 24.8. The van der Waals surface area contributed by atoms with Gasteiger partial charge in [-0.1, -0.05) is 0 Å². The minimum Gasteiger partial charge on any atom is -0.450 e. The maximum atomic E-state index is 12.3. The molecule has 0 radical (unpaired) electrons. The van der Waals surface area contributed by atoms with Crippen LogP contribution < -0.4 is 37.2 Å². The average Bonchev–Trinajstić information content (AvgIpc) is 3.66. The summed E-state index contributed by atoms with van der Waals surface area (Å²) in [7, 11) is 0. The third kappa shape index (κ3) is 22.9. The van der Waals surface area contributed by atoms with E-state index in [-0.39, 0.29) is 77.1 Å². The summed E-state index contributed by atoms with van der Waals surface area (Å²) in [6.45, 7) is 6.93. The highest BCUT2D eigenvalue weighted by molar-refractivity contribution is 6.13. The lowest BCUT2D eigenvalue weighted by atomic mass is 10.1. The zero-order valence-corrected chi connectivity index (χ0v) is 33.1. The summed E-state index contributed by atoms with van der Waals surface area (Å²) in [5.41, 5.74) is 0. The van der Waals surface area contributed by atoms with Gasteiger partial charge >= 0.3 is 12.2 Å². The fraction of sp³-hybridized carbons (Fsp3) is 0.583. The van der Waals surface area contributed by atoms with E-state index in [2.05, 4.69) is 37.2 Å². The Morgan fingerprint density at radius 3 is 1.19 bits per heavy atom. The molecule has 0 atom stereocenters. The summed E-state index contributed by atoms with van der Waals surface area (Å²) in [5, 5.41) is 18.0. The number of unbranched alkanes of at least 4 members (excludes halogenated alkanes) is 2. The number of amides is 11. The molecular formula is C36H55N9O13. The molecule has 2 aliphatic rings. The molecular weight excluding hydrogens is 766 g/mol. The number of alkyl carbamates (subject to hydrolysis) is 2. The molecule has 2 aliphatic heterocycles. The van der Waals surface area contributed by atoms with E-state index in [9.17, 15) is 52.7 Å². The molecule has 22 heteroatoms. The number of hydrogen-bond acceptors (Lipinski definition) is 13. The van der Waals surface area contributed by atoms with Crippen molar-refractivity contribution in [2.24, 2.45) is 0 Å². The summed E-state index contributed by atoms with van der Waals surface area (Å²) < 4.78 is 9.41. The summed E-state index contributed by atoms with van der Waals surface area (Å²) in [6, 6.07) is -0.801. The van der Waals surface area contributed by atoms with Gasteiger partial charge in [0, 0.05) is 115 Å². The van der Waals surface area contributed by atoms with E-state index in [1.165, 1.54) is 6.92 Å². The van der Waals surface area contributed by atoms with Crippen LogP contribution in [-0.4, -0.2) is 147 Å². The molecule has 58 heavy (non-hydrogen) atoms. The van der Waals surface area contributed by atoms with Crippen molar-refractivity contribution >= 4 is 65.4 Å². The summed E-state index contributed by atoms with van der Waals surface area (Å²) in [5.74, 6) is -4.13. The van der Waals surface area contributed by atoms with Gasteiger partial charge in [-0.25, -0.2) is 9.59 Å². The Morgan fingerprint density at radius 1 is 0.517 bits per heavy atom. The Bertz CT molecular complexity index is 1400. The van der Waals surface area contributed by atoms with Crippen LogP contribution >= 0.6 is 0 Å². The van der Waals surface area contributed by atoms with Crippen LogP contribution in [0.5, 0.6) is 0 Å². The first kappa shape index (κ1) is 49.7. The third-order valence-corrected chi connectivity index (χ3v) is 7.68. The first-order valence-electron chi connectivity index (χ1n) is 18.9. The first-order chi connectivity index (χ1) is 27.7. The Morgan fingerprint density at radius 2 is 0.862 bits per heavy atom. The lowest BCUT2D eigenvalue weighted by molar-refractivity contribution is -0.139. The Balaban J connectivity index is 0.000000830. The predicted molar refractivity (Wildman–Crippen MR) is 204 cm³/mol. The lowest BCUT2D eigenvalue weighted by Crippen LogP contribution is -2.43. The fourth-order valence-electron chi connectivity index (χ4n) is 4.94. The molecule has 0 spiro atoms. The second-order valence-corrected chi connectivity index (χ2v) is 12.4. The van der Waals surface area contributed by atoms with Gasteiger partial charge in [0.15, 0.2) is 0 Å². The van der Waals surface area contributed by atoms with E-state index in [0.717, 1.165) is 53.4 Å². The van der Waals surface area contributed by atoms with Crippen molar-refractivity contribution < 1.29 is 62.2 Å². The molecule has 0 aromatic heterocycles. The van der Waals surface area contributed by atoms with E-state index in [4.69, 9.17) is 9.47 Å². The SMILES string of the molecule is CC(=O)NC(CC(=O)NCCNC(=O)CCN1C(=O)C=CC1=O)CC(=O)NCCNC(=O)CCN1C(=O)C=CC1=O.CCOC(=O)NCCCCCNC(=O)OCC. The lowest BCUT2D eigenvalue weighted by Gasteiger charge is -2.18. The van der Waals surface area contributed by atoms with Crippen molar-refractivity contribution in [3.8, 4) is 0 Å². The van der Waals surface area contributed by atoms with Crippen LogP contribution in [0.2, 0.25) is 0 Å². The van der Waals surface area contributed by atoms with E-state index < -0.39 is 59.2 Å². The molecule has 0 bridgehead atoms. The summed E-state index contributed by atoms with van der Waals surface area (Å²) in [4.78, 5) is 129. The molecule has 2 heterocycles. The van der Waals surface area contributed by atoms with Crippen LogP contribution in [0.25, 0.3) is 0 Å². The molecule has 2 rings (SSSR count). The zero-order valence-electron chi connectivity index (χ0n) is 33.1. The molecule has 0 fully saturated rings. The van der Waals surface area contributed by atoms with E-state index in [0.29, 0.717) is 26.3 Å². The van der Waals surface area contributed by atoms with Crippen LogP contribution in [-0.2, 0) is 52.6 Å². The second kappa shape index (κ2) is 29.0. The summed E-state index contributed by atoms with van der Waals surface area (Å²) >= 11 is 0. The predicted octanol–water partition coefficient (Wildman–Crippen LogP) is -1.98. The van der Waals surface area contributed by atoms with Crippen LogP contribution in [0.1, 0.15) is 65.7 Å². The van der Waals surface area contributed by atoms with Crippen LogP contribution in [0, 0.1) is 0 Å². The number of ether oxygens (including phenoxy) is 2. The fourth-order valence-corrected chi connectivity index (χ4v) is 4.94. The second-order valence-electron chi connectivity index (χ2n) is 12.4. The third-order valence-electron chi connectivity index (χ3n) is 7.68. The van der Waals surface area contributed by atoms with Gasteiger partial charge in [-0.2, -0.15) is 0 Å². The number of carbonyl (C=O) groups is 11. The standard InChI is InChI=1S/C25H33N7O9.C11H22N2O4/c1-16(33)30-17(14-20(36)28-10-8-26-18(34)6-12-31-22(38)2-3-23(31)39)15-21(37)29-11-9-27-19(35)7-13-32-24(40)4-5-25(32)41;1-3-16-10(14)12-8-6-5-7-9-13-11(15)17-4-2/h2-5,17H,6-15H2,1H3,(H,26,34)(H,27,35)(H,28,36)(H,29,37)(H,30,33);3-9H2,1-2H3,(H,12,14)(H,13,15). The minimum atomic E-state index is -0.801. The largest absolute Gasteiger partial charge is 0.450 e. The molecule has 0 saturated carbocycles. The van der Waals surface area contributed by atoms with Crippen LogP contribution in [0.3, 0.4) is 0 Å².